The fourth-order valence-electron chi connectivity index (χ4n) is 2.97. The maximum absolute atomic E-state index is 12.3. The summed E-state index contributed by atoms with van der Waals surface area (Å²) in [5, 5.41) is 10.5. The molecule has 0 aromatic heterocycles. The van der Waals surface area contributed by atoms with Gasteiger partial charge in [0.05, 0.1) is 17.1 Å². The van der Waals surface area contributed by atoms with Crippen LogP contribution >= 0.6 is 0 Å². The zero-order chi connectivity index (χ0) is 17.1. The van der Waals surface area contributed by atoms with Gasteiger partial charge in [-0.05, 0) is 49.3 Å². The number of rotatable bonds is 6. The molecule has 0 radical (unpaired) electrons. The van der Waals surface area contributed by atoms with Gasteiger partial charge >= 0.3 is 6.61 Å². The Morgan fingerprint density at radius 3 is 2.61 bits per heavy atom. The average molecular weight is 348 g/mol. The molecule has 1 fully saturated rings. The summed E-state index contributed by atoms with van der Waals surface area (Å²) < 4.78 is 53.4. The highest BCUT2D eigenvalue weighted by Gasteiger charge is 2.36. The van der Waals surface area contributed by atoms with E-state index in [1.807, 2.05) is 0 Å². The molecule has 0 aliphatic heterocycles. The van der Waals surface area contributed by atoms with Crippen LogP contribution in [0, 0.1) is 5.92 Å². The Hall–Kier alpha value is -1.21. The van der Waals surface area contributed by atoms with Gasteiger partial charge < -0.3 is 9.84 Å². The van der Waals surface area contributed by atoms with E-state index in [0.717, 1.165) is 12.8 Å². The molecule has 2 rings (SSSR count). The summed E-state index contributed by atoms with van der Waals surface area (Å²) >= 11 is 0. The smallest absolute Gasteiger partial charge is 0.387 e. The van der Waals surface area contributed by atoms with Gasteiger partial charge in [0, 0.05) is 0 Å². The maximum atomic E-state index is 12.3. The molecule has 0 bridgehead atoms. The zero-order valence-electron chi connectivity index (χ0n) is 13.0. The molecule has 0 saturated heterocycles. The minimum absolute atomic E-state index is 0.0714. The Morgan fingerprint density at radius 2 is 2.00 bits per heavy atom. The fourth-order valence-corrected chi connectivity index (χ4v) is 4.87. The molecule has 130 valence electrons. The monoisotopic (exact) mass is 348 g/mol. The minimum Gasteiger partial charge on any atom is -0.435 e. The molecule has 1 aliphatic rings. The summed E-state index contributed by atoms with van der Waals surface area (Å²) in [6, 6.07) is 5.65. The Kier molecular flexibility index (Phi) is 5.62. The van der Waals surface area contributed by atoms with E-state index in [0.29, 0.717) is 24.3 Å². The molecule has 0 heterocycles. The van der Waals surface area contributed by atoms with Crippen molar-refractivity contribution in [3.63, 3.8) is 0 Å². The first kappa shape index (κ1) is 18.1. The minimum atomic E-state index is -3.55. The predicted octanol–water partition coefficient (Wildman–Crippen LogP) is 3.14. The third kappa shape index (κ3) is 5.73. The first-order valence-corrected chi connectivity index (χ1v) is 9.46. The summed E-state index contributed by atoms with van der Waals surface area (Å²) in [6.45, 7) is -0.866. The van der Waals surface area contributed by atoms with Crippen LogP contribution < -0.4 is 4.74 Å². The molecular weight excluding hydrogens is 326 g/mol. The molecule has 4 nitrogen and oxygen atoms in total. The van der Waals surface area contributed by atoms with E-state index in [2.05, 4.69) is 11.7 Å². The van der Waals surface area contributed by atoms with Crippen LogP contribution in [0.4, 0.5) is 8.78 Å². The number of benzene rings is 1. The highest BCUT2D eigenvalue weighted by Crippen LogP contribution is 2.33. The number of hydrogen-bond donors (Lipinski definition) is 1. The summed E-state index contributed by atoms with van der Waals surface area (Å²) in [4.78, 5) is 0. The van der Waals surface area contributed by atoms with E-state index in [9.17, 15) is 22.3 Å². The van der Waals surface area contributed by atoms with Gasteiger partial charge in [-0.25, -0.2) is 8.42 Å². The van der Waals surface area contributed by atoms with Gasteiger partial charge in [0.15, 0.2) is 9.84 Å². The number of alkyl halides is 2. The summed E-state index contributed by atoms with van der Waals surface area (Å²) in [6.07, 6.45) is 2.57. The molecule has 0 atom stereocenters. The molecular formula is C16H22F2O4S. The second kappa shape index (κ2) is 7.13. The van der Waals surface area contributed by atoms with Crippen molar-refractivity contribution in [2.24, 2.45) is 5.92 Å². The number of sulfone groups is 1. The van der Waals surface area contributed by atoms with Crippen LogP contribution in [0.3, 0.4) is 0 Å². The quantitative estimate of drug-likeness (QED) is 0.858. The first-order chi connectivity index (χ1) is 10.7. The molecule has 7 heteroatoms. The summed E-state index contributed by atoms with van der Waals surface area (Å²) in [5.74, 6) is -0.170. The van der Waals surface area contributed by atoms with E-state index >= 15 is 0 Å². The van der Waals surface area contributed by atoms with Gasteiger partial charge in [-0.1, -0.05) is 19.1 Å². The highest BCUT2D eigenvalue weighted by molar-refractivity contribution is 7.90. The standard InChI is InChI=1S/C16H22F2O4S/c1-12-5-7-16(19,8-6-12)11-23(20,21)10-13-3-2-4-14(9-13)22-15(17)18/h2-4,9,12,15,19H,5-8,10-11H2,1H3. The van der Waals surface area contributed by atoms with E-state index < -0.39 is 22.0 Å². The van der Waals surface area contributed by atoms with Crippen LogP contribution in [0.15, 0.2) is 24.3 Å². The third-order valence-corrected chi connectivity index (χ3v) is 5.95. The molecule has 1 aromatic carbocycles. The highest BCUT2D eigenvalue weighted by atomic mass is 32.2. The second-order valence-electron chi connectivity index (χ2n) is 6.47. The van der Waals surface area contributed by atoms with Gasteiger partial charge in [-0.2, -0.15) is 8.78 Å². The average Bonchev–Trinajstić information content (AvgIpc) is 2.41. The molecule has 1 aliphatic carbocycles. The van der Waals surface area contributed by atoms with Crippen molar-refractivity contribution in [2.75, 3.05) is 5.75 Å². The number of aliphatic hydroxyl groups is 1. The van der Waals surface area contributed by atoms with E-state index in [1.165, 1.54) is 18.2 Å². The largest absolute Gasteiger partial charge is 0.435 e. The topological polar surface area (TPSA) is 63.6 Å². The van der Waals surface area contributed by atoms with Crippen molar-refractivity contribution >= 4 is 9.84 Å². The third-order valence-electron chi connectivity index (χ3n) is 4.20. The lowest BCUT2D eigenvalue weighted by Crippen LogP contribution is -2.40. The molecule has 0 amide bonds. The van der Waals surface area contributed by atoms with Crippen molar-refractivity contribution < 1.29 is 27.0 Å². The molecule has 0 spiro atoms. The lowest BCUT2D eigenvalue weighted by Gasteiger charge is -2.34. The summed E-state index contributed by atoms with van der Waals surface area (Å²) in [5.41, 5.74) is -0.807. The Morgan fingerprint density at radius 1 is 1.35 bits per heavy atom. The lowest BCUT2D eigenvalue weighted by molar-refractivity contribution is -0.0498. The van der Waals surface area contributed by atoms with Gasteiger partial charge in [0.1, 0.15) is 5.75 Å². The van der Waals surface area contributed by atoms with Gasteiger partial charge in [0.25, 0.3) is 0 Å². The Balaban J connectivity index is 2.03. The summed E-state index contributed by atoms with van der Waals surface area (Å²) in [7, 11) is -3.55. The fraction of sp³-hybridized carbons (Fsp3) is 0.625. The maximum Gasteiger partial charge on any atom is 0.387 e. The molecule has 1 N–H and O–H groups in total. The van der Waals surface area contributed by atoms with Gasteiger partial charge in [-0.3, -0.25) is 0 Å². The van der Waals surface area contributed by atoms with Gasteiger partial charge in [-0.15, -0.1) is 0 Å². The van der Waals surface area contributed by atoms with Crippen molar-refractivity contribution in [1.29, 1.82) is 0 Å². The van der Waals surface area contributed by atoms with E-state index in [-0.39, 0.29) is 17.3 Å². The molecule has 1 aromatic rings. The van der Waals surface area contributed by atoms with Crippen LogP contribution in [0.1, 0.15) is 38.2 Å². The van der Waals surface area contributed by atoms with Crippen molar-refractivity contribution in [1.82, 2.24) is 0 Å². The zero-order valence-corrected chi connectivity index (χ0v) is 13.9. The van der Waals surface area contributed by atoms with Crippen molar-refractivity contribution in [2.45, 2.75) is 50.6 Å². The SMILES string of the molecule is CC1CCC(O)(CS(=O)(=O)Cc2cccc(OC(F)F)c2)CC1. The van der Waals surface area contributed by atoms with Crippen LogP contribution in [-0.4, -0.2) is 31.5 Å². The van der Waals surface area contributed by atoms with Crippen LogP contribution in [0.5, 0.6) is 5.75 Å². The normalized spacial score (nSPS) is 25.5. The number of ether oxygens (including phenoxy) is 1. The lowest BCUT2D eigenvalue weighted by atomic mass is 9.81. The number of hydrogen-bond acceptors (Lipinski definition) is 4. The van der Waals surface area contributed by atoms with Crippen LogP contribution in [0.2, 0.25) is 0 Å². The molecule has 1 saturated carbocycles. The van der Waals surface area contributed by atoms with Gasteiger partial charge in [0.2, 0.25) is 0 Å². The second-order valence-corrected chi connectivity index (χ2v) is 8.53. The van der Waals surface area contributed by atoms with E-state index in [1.54, 1.807) is 6.07 Å². The van der Waals surface area contributed by atoms with Crippen molar-refractivity contribution in [3.05, 3.63) is 29.8 Å². The number of halogens is 2. The predicted molar refractivity (Wildman–Crippen MR) is 83.1 cm³/mol. The Labute approximate surface area is 135 Å². The first-order valence-electron chi connectivity index (χ1n) is 7.64. The van der Waals surface area contributed by atoms with Crippen LogP contribution in [0.25, 0.3) is 0 Å². The molecule has 23 heavy (non-hydrogen) atoms. The Bertz CT molecular complexity index is 623. The van der Waals surface area contributed by atoms with E-state index in [4.69, 9.17) is 0 Å². The van der Waals surface area contributed by atoms with Crippen LogP contribution in [-0.2, 0) is 15.6 Å². The van der Waals surface area contributed by atoms with Crippen molar-refractivity contribution in [3.8, 4) is 5.75 Å². The molecule has 0 unspecified atom stereocenters.